The van der Waals surface area contributed by atoms with Gasteiger partial charge < -0.3 is 9.57 Å². The van der Waals surface area contributed by atoms with Crippen molar-refractivity contribution in [3.05, 3.63) is 70.3 Å². The number of ether oxygens (including phenoxy) is 1. The third-order valence-corrected chi connectivity index (χ3v) is 3.61. The summed E-state index contributed by atoms with van der Waals surface area (Å²) in [6, 6.07) is 15.0. The van der Waals surface area contributed by atoms with Gasteiger partial charge in [0.2, 0.25) is 0 Å². The summed E-state index contributed by atoms with van der Waals surface area (Å²) in [6.45, 7) is 2.12. The second-order valence-corrected chi connectivity index (χ2v) is 5.51. The molecule has 2 aromatic rings. The van der Waals surface area contributed by atoms with Crippen LogP contribution < -0.4 is 4.74 Å². The first-order chi connectivity index (χ1) is 11.1. The largest absolute Gasteiger partial charge is 0.488 e. The second-order valence-electron chi connectivity index (χ2n) is 5.07. The van der Waals surface area contributed by atoms with E-state index in [1.807, 2.05) is 48.5 Å². The van der Waals surface area contributed by atoms with E-state index in [9.17, 15) is 4.79 Å². The fraction of sp³-hybridized carbons (Fsp3) is 0.111. The molecule has 0 atom stereocenters. The molecule has 116 valence electrons. The van der Waals surface area contributed by atoms with Crippen molar-refractivity contribution in [1.29, 1.82) is 0 Å². The predicted molar refractivity (Wildman–Crippen MR) is 89.4 cm³/mol. The van der Waals surface area contributed by atoms with E-state index in [2.05, 4.69) is 9.99 Å². The molecule has 5 heteroatoms. The first-order valence-corrected chi connectivity index (χ1v) is 7.45. The third kappa shape index (κ3) is 3.60. The van der Waals surface area contributed by atoms with Crippen LogP contribution in [0.4, 0.5) is 0 Å². The summed E-state index contributed by atoms with van der Waals surface area (Å²) in [5, 5.41) is 4.34. The summed E-state index contributed by atoms with van der Waals surface area (Å²) in [7, 11) is 0. The molecule has 23 heavy (non-hydrogen) atoms. The van der Waals surface area contributed by atoms with Crippen molar-refractivity contribution in [1.82, 2.24) is 0 Å². The molecule has 0 bridgehead atoms. The summed E-state index contributed by atoms with van der Waals surface area (Å²) < 4.78 is 5.86. The van der Waals surface area contributed by atoms with E-state index in [-0.39, 0.29) is 0 Å². The van der Waals surface area contributed by atoms with Crippen LogP contribution >= 0.6 is 11.6 Å². The lowest BCUT2D eigenvalue weighted by atomic mass is 10.1. The summed E-state index contributed by atoms with van der Waals surface area (Å²) in [5.41, 5.74) is 2.75. The van der Waals surface area contributed by atoms with Gasteiger partial charge in [0.05, 0.1) is 11.3 Å². The monoisotopic (exact) mass is 327 g/mol. The molecule has 0 amide bonds. The van der Waals surface area contributed by atoms with Crippen molar-refractivity contribution in [3.8, 4) is 5.75 Å². The number of carbonyl (C=O) groups excluding carboxylic acids is 1. The maximum Gasteiger partial charge on any atom is 0.367 e. The van der Waals surface area contributed by atoms with Crippen LogP contribution in [0, 0.1) is 0 Å². The lowest BCUT2D eigenvalue weighted by Gasteiger charge is -2.10. The van der Waals surface area contributed by atoms with Crippen LogP contribution in [0.1, 0.15) is 18.1 Å². The van der Waals surface area contributed by atoms with Gasteiger partial charge in [0.25, 0.3) is 0 Å². The minimum atomic E-state index is -0.452. The Hall–Kier alpha value is -2.59. The quantitative estimate of drug-likeness (QED) is 0.623. The van der Waals surface area contributed by atoms with Crippen molar-refractivity contribution in [2.45, 2.75) is 13.5 Å². The number of hydrogen-bond donors (Lipinski definition) is 0. The first-order valence-electron chi connectivity index (χ1n) is 7.08. The van der Waals surface area contributed by atoms with Crippen LogP contribution in [0.15, 0.2) is 59.3 Å². The molecule has 3 rings (SSSR count). The molecule has 0 aromatic heterocycles. The molecule has 2 aromatic carbocycles. The predicted octanol–water partition coefficient (Wildman–Crippen LogP) is 4.24. The molecule has 0 fully saturated rings. The summed E-state index contributed by atoms with van der Waals surface area (Å²) in [6.07, 6.45) is 1.72. The van der Waals surface area contributed by atoms with Gasteiger partial charge in [0.15, 0.2) is 0 Å². The van der Waals surface area contributed by atoms with Crippen LogP contribution in [-0.4, -0.2) is 11.7 Å². The molecular weight excluding hydrogens is 314 g/mol. The second kappa shape index (κ2) is 6.67. The van der Waals surface area contributed by atoms with E-state index in [1.165, 1.54) is 0 Å². The van der Waals surface area contributed by atoms with Crippen molar-refractivity contribution in [3.63, 3.8) is 0 Å². The molecule has 1 aliphatic rings. The van der Waals surface area contributed by atoms with E-state index < -0.39 is 5.97 Å². The Bertz CT molecular complexity index is 811. The summed E-state index contributed by atoms with van der Waals surface area (Å²) >= 11 is 5.97. The number of nitrogens with zero attached hydrogens (tertiary/aromatic N) is 1. The fourth-order valence-corrected chi connectivity index (χ4v) is 2.41. The normalized spacial score (nSPS) is 15.5. The van der Waals surface area contributed by atoms with E-state index >= 15 is 0 Å². The highest BCUT2D eigenvalue weighted by Crippen LogP contribution is 2.24. The van der Waals surface area contributed by atoms with Gasteiger partial charge in [-0.05, 0) is 36.8 Å². The molecule has 0 saturated carbocycles. The van der Waals surface area contributed by atoms with Crippen LogP contribution in [-0.2, 0) is 16.2 Å². The Kier molecular flexibility index (Phi) is 4.44. The Balaban J connectivity index is 1.83. The number of halogens is 1. The maximum absolute atomic E-state index is 11.7. The highest BCUT2D eigenvalue weighted by atomic mass is 35.5. The highest BCUT2D eigenvalue weighted by Gasteiger charge is 2.22. The van der Waals surface area contributed by atoms with Gasteiger partial charge in [-0.2, -0.15) is 0 Å². The van der Waals surface area contributed by atoms with Gasteiger partial charge in [-0.15, -0.1) is 0 Å². The smallest absolute Gasteiger partial charge is 0.367 e. The Morgan fingerprint density at radius 1 is 1.22 bits per heavy atom. The molecule has 1 aliphatic heterocycles. The van der Waals surface area contributed by atoms with Crippen molar-refractivity contribution in [2.75, 3.05) is 0 Å². The number of rotatable bonds is 4. The Morgan fingerprint density at radius 2 is 2.04 bits per heavy atom. The standard InChI is InChI=1S/C18H14ClNO3/c1-12-16(18(21)23-20-12)10-14-6-2-3-8-17(14)22-11-13-5-4-7-15(19)9-13/h2-10H,11H2,1H3. The van der Waals surface area contributed by atoms with Gasteiger partial charge in [-0.1, -0.05) is 47.1 Å². The zero-order valence-corrected chi connectivity index (χ0v) is 13.2. The van der Waals surface area contributed by atoms with Crippen LogP contribution in [0.2, 0.25) is 5.02 Å². The average molecular weight is 328 g/mol. The summed E-state index contributed by atoms with van der Waals surface area (Å²) in [4.78, 5) is 16.3. The van der Waals surface area contributed by atoms with Crippen molar-refractivity contribution in [2.24, 2.45) is 5.16 Å². The number of carbonyl (C=O) groups is 1. The molecule has 0 aliphatic carbocycles. The molecule has 4 nitrogen and oxygen atoms in total. The Labute approximate surface area is 139 Å². The Morgan fingerprint density at radius 3 is 2.78 bits per heavy atom. The first kappa shape index (κ1) is 15.3. The number of oxime groups is 1. The highest BCUT2D eigenvalue weighted by molar-refractivity contribution is 6.30. The minimum absolute atomic E-state index is 0.387. The van der Waals surface area contributed by atoms with E-state index in [0.29, 0.717) is 28.7 Å². The van der Waals surface area contributed by atoms with Gasteiger partial charge in [0.1, 0.15) is 12.4 Å². The van der Waals surface area contributed by atoms with Gasteiger partial charge in [-0.3, -0.25) is 0 Å². The molecule has 0 spiro atoms. The lowest BCUT2D eigenvalue weighted by Crippen LogP contribution is -2.02. The average Bonchev–Trinajstić information content (AvgIpc) is 2.86. The summed E-state index contributed by atoms with van der Waals surface area (Å²) in [5.74, 6) is 0.222. The van der Waals surface area contributed by atoms with Crippen LogP contribution in [0.3, 0.4) is 0 Å². The van der Waals surface area contributed by atoms with E-state index in [4.69, 9.17) is 16.3 Å². The lowest BCUT2D eigenvalue weighted by molar-refractivity contribution is -0.136. The SMILES string of the molecule is CC1=NOC(=O)C1=Cc1ccccc1OCc1cccc(Cl)c1. The molecule has 0 saturated heterocycles. The number of benzene rings is 2. The van der Waals surface area contributed by atoms with Crippen molar-refractivity contribution >= 4 is 29.4 Å². The van der Waals surface area contributed by atoms with E-state index in [1.54, 1.807) is 13.0 Å². The van der Waals surface area contributed by atoms with E-state index in [0.717, 1.165) is 11.1 Å². The van der Waals surface area contributed by atoms with Crippen LogP contribution in [0.5, 0.6) is 5.75 Å². The topological polar surface area (TPSA) is 47.9 Å². The zero-order valence-electron chi connectivity index (χ0n) is 12.5. The number of hydrogen-bond acceptors (Lipinski definition) is 4. The third-order valence-electron chi connectivity index (χ3n) is 3.38. The van der Waals surface area contributed by atoms with Gasteiger partial charge in [0, 0.05) is 10.6 Å². The minimum Gasteiger partial charge on any atom is -0.488 e. The molecule has 0 radical (unpaired) electrons. The molecule has 1 heterocycles. The maximum atomic E-state index is 11.7. The molecule has 0 unspecified atom stereocenters. The molecule has 0 N–H and O–H groups in total. The molecular formula is C18H14ClNO3. The van der Waals surface area contributed by atoms with Gasteiger partial charge >= 0.3 is 5.97 Å². The fourth-order valence-electron chi connectivity index (χ4n) is 2.19. The van der Waals surface area contributed by atoms with Crippen molar-refractivity contribution < 1.29 is 14.4 Å². The number of para-hydroxylation sites is 1. The zero-order chi connectivity index (χ0) is 16.2. The van der Waals surface area contributed by atoms with Gasteiger partial charge in [-0.25, -0.2) is 4.79 Å². The van der Waals surface area contributed by atoms with Crippen LogP contribution in [0.25, 0.3) is 6.08 Å².